The number of aliphatic hydroxyl groups is 1. The molecule has 1 unspecified atom stereocenters. The Morgan fingerprint density at radius 1 is 0.914 bits per heavy atom. The molecule has 1 N–H and O–H groups in total. The second-order valence-electron chi connectivity index (χ2n) is 10.1. The Labute approximate surface area is 206 Å². The molecule has 35 heavy (non-hydrogen) atoms. The minimum Gasteiger partial charge on any atom is -0.507 e. The minimum atomic E-state index is -0.752. The third-order valence-corrected chi connectivity index (χ3v) is 6.33. The van der Waals surface area contributed by atoms with Crippen LogP contribution in [-0.4, -0.2) is 23.9 Å². The van der Waals surface area contributed by atoms with Gasteiger partial charge in [-0.2, -0.15) is 0 Å². The SMILES string of the molecule is COc1ccc(/C(O)=C2/C(=O)C(=O)N(c3cc(C)cc(C)c3)C2c2ccccc2)cc1C(C)(C)C. The summed E-state index contributed by atoms with van der Waals surface area (Å²) in [5, 5.41) is 11.5. The van der Waals surface area contributed by atoms with Crippen molar-refractivity contribution in [2.45, 2.75) is 46.1 Å². The van der Waals surface area contributed by atoms with Gasteiger partial charge in [0.15, 0.2) is 0 Å². The number of amides is 1. The van der Waals surface area contributed by atoms with E-state index in [1.807, 2.05) is 68.4 Å². The van der Waals surface area contributed by atoms with Crippen LogP contribution in [0, 0.1) is 13.8 Å². The summed E-state index contributed by atoms with van der Waals surface area (Å²) in [7, 11) is 1.61. The van der Waals surface area contributed by atoms with Crippen LogP contribution < -0.4 is 9.64 Å². The first kappa shape index (κ1) is 24.3. The highest BCUT2D eigenvalue weighted by atomic mass is 16.5. The number of hydrogen-bond acceptors (Lipinski definition) is 4. The van der Waals surface area contributed by atoms with Gasteiger partial charge in [0.1, 0.15) is 11.5 Å². The van der Waals surface area contributed by atoms with E-state index in [9.17, 15) is 14.7 Å². The summed E-state index contributed by atoms with van der Waals surface area (Å²) in [6, 6.07) is 19.7. The fraction of sp³-hybridized carbons (Fsp3) is 0.267. The number of aryl methyl sites for hydroxylation is 2. The van der Waals surface area contributed by atoms with E-state index >= 15 is 0 Å². The molecular formula is C30H31NO4. The Morgan fingerprint density at radius 2 is 1.54 bits per heavy atom. The molecule has 1 fully saturated rings. The fourth-order valence-electron chi connectivity index (χ4n) is 4.74. The first-order valence-corrected chi connectivity index (χ1v) is 11.7. The molecule has 1 atom stereocenters. The lowest BCUT2D eigenvalue weighted by molar-refractivity contribution is -0.132. The van der Waals surface area contributed by atoms with Gasteiger partial charge in [0.05, 0.1) is 18.7 Å². The molecule has 5 nitrogen and oxygen atoms in total. The van der Waals surface area contributed by atoms with Crippen LogP contribution >= 0.6 is 0 Å². The van der Waals surface area contributed by atoms with Crippen molar-refractivity contribution in [1.29, 1.82) is 0 Å². The Balaban J connectivity index is 1.97. The number of Topliss-reactive ketones (excluding diaryl/α,β-unsaturated/α-hetero) is 1. The van der Waals surface area contributed by atoms with Crippen LogP contribution in [0.2, 0.25) is 0 Å². The van der Waals surface area contributed by atoms with Gasteiger partial charge in [-0.25, -0.2) is 0 Å². The number of hydrogen-bond donors (Lipinski definition) is 1. The quantitative estimate of drug-likeness (QED) is 0.279. The van der Waals surface area contributed by atoms with Crippen molar-refractivity contribution in [3.05, 3.63) is 100 Å². The molecule has 0 aliphatic carbocycles. The molecule has 0 bridgehead atoms. The van der Waals surface area contributed by atoms with Crippen molar-refractivity contribution in [1.82, 2.24) is 0 Å². The van der Waals surface area contributed by atoms with E-state index in [0.29, 0.717) is 17.0 Å². The largest absolute Gasteiger partial charge is 0.507 e. The lowest BCUT2D eigenvalue weighted by Crippen LogP contribution is -2.29. The van der Waals surface area contributed by atoms with E-state index < -0.39 is 17.7 Å². The number of benzene rings is 3. The number of ether oxygens (including phenoxy) is 1. The molecule has 1 heterocycles. The molecule has 0 saturated carbocycles. The van der Waals surface area contributed by atoms with E-state index in [-0.39, 0.29) is 16.7 Å². The summed E-state index contributed by atoms with van der Waals surface area (Å²) in [5.41, 5.74) is 4.52. The highest BCUT2D eigenvalue weighted by Gasteiger charge is 2.47. The van der Waals surface area contributed by atoms with Crippen molar-refractivity contribution in [2.75, 3.05) is 12.0 Å². The van der Waals surface area contributed by atoms with E-state index in [1.54, 1.807) is 19.2 Å². The minimum absolute atomic E-state index is 0.0744. The van der Waals surface area contributed by atoms with Crippen molar-refractivity contribution in [2.24, 2.45) is 0 Å². The van der Waals surface area contributed by atoms with Crippen molar-refractivity contribution < 1.29 is 19.4 Å². The highest BCUT2D eigenvalue weighted by molar-refractivity contribution is 6.51. The molecule has 4 rings (SSSR count). The van der Waals surface area contributed by atoms with Gasteiger partial charge in [0.25, 0.3) is 11.7 Å². The standard InChI is InChI=1S/C30H31NO4/c1-18-14-19(2)16-22(15-18)31-26(20-10-8-7-9-11-20)25(28(33)29(31)34)27(32)21-12-13-24(35-6)23(17-21)30(3,4)5/h7-17,26,32H,1-6H3/b27-25-. The van der Waals surface area contributed by atoms with Crippen LogP contribution in [0.3, 0.4) is 0 Å². The first-order valence-electron chi connectivity index (χ1n) is 11.7. The Kier molecular flexibility index (Phi) is 6.28. The molecule has 3 aromatic rings. The molecule has 0 aromatic heterocycles. The van der Waals surface area contributed by atoms with Crippen LogP contribution in [0.15, 0.2) is 72.3 Å². The maximum absolute atomic E-state index is 13.4. The lowest BCUT2D eigenvalue weighted by Gasteiger charge is -2.26. The number of carbonyl (C=O) groups excluding carboxylic acids is 2. The Bertz CT molecular complexity index is 1310. The number of ketones is 1. The van der Waals surface area contributed by atoms with Crippen molar-refractivity contribution in [3.63, 3.8) is 0 Å². The summed E-state index contributed by atoms with van der Waals surface area (Å²) in [6.45, 7) is 10.1. The monoisotopic (exact) mass is 469 g/mol. The Morgan fingerprint density at radius 3 is 2.11 bits per heavy atom. The summed E-state index contributed by atoms with van der Waals surface area (Å²) in [5.74, 6) is -0.861. The van der Waals surface area contributed by atoms with Crippen molar-refractivity contribution >= 4 is 23.1 Å². The molecule has 0 spiro atoms. The second kappa shape index (κ2) is 9.06. The van der Waals surface area contributed by atoms with E-state index in [0.717, 1.165) is 22.3 Å². The maximum Gasteiger partial charge on any atom is 0.300 e. The topological polar surface area (TPSA) is 66.8 Å². The first-order chi connectivity index (χ1) is 16.5. The fourth-order valence-corrected chi connectivity index (χ4v) is 4.74. The van der Waals surface area contributed by atoms with Gasteiger partial charge in [-0.3, -0.25) is 14.5 Å². The van der Waals surface area contributed by atoms with E-state index in [1.165, 1.54) is 4.90 Å². The van der Waals surface area contributed by atoms with Gasteiger partial charge in [-0.1, -0.05) is 57.2 Å². The lowest BCUT2D eigenvalue weighted by atomic mass is 9.84. The zero-order chi connectivity index (χ0) is 25.5. The zero-order valence-corrected chi connectivity index (χ0v) is 21.0. The molecule has 3 aromatic carbocycles. The number of nitrogens with zero attached hydrogens (tertiary/aromatic N) is 1. The predicted molar refractivity (Wildman–Crippen MR) is 139 cm³/mol. The molecule has 1 amide bonds. The van der Waals surface area contributed by atoms with Crippen LogP contribution in [0.4, 0.5) is 5.69 Å². The van der Waals surface area contributed by atoms with Gasteiger partial charge in [0.2, 0.25) is 0 Å². The Hall–Kier alpha value is -3.86. The summed E-state index contributed by atoms with van der Waals surface area (Å²) in [6.07, 6.45) is 0. The third kappa shape index (κ3) is 4.46. The molecule has 180 valence electrons. The van der Waals surface area contributed by atoms with Gasteiger partial charge in [-0.05, 0) is 66.3 Å². The van der Waals surface area contributed by atoms with Crippen LogP contribution in [0.25, 0.3) is 5.76 Å². The average molecular weight is 470 g/mol. The molecular weight excluding hydrogens is 438 g/mol. The van der Waals surface area contributed by atoms with Crippen LogP contribution in [0.5, 0.6) is 5.75 Å². The van der Waals surface area contributed by atoms with Gasteiger partial charge >= 0.3 is 0 Å². The number of methoxy groups -OCH3 is 1. The third-order valence-electron chi connectivity index (χ3n) is 6.33. The summed E-state index contributed by atoms with van der Waals surface area (Å²) < 4.78 is 5.53. The number of carbonyl (C=O) groups is 2. The van der Waals surface area contributed by atoms with E-state index in [4.69, 9.17) is 4.74 Å². The second-order valence-corrected chi connectivity index (χ2v) is 10.1. The van der Waals surface area contributed by atoms with Gasteiger partial charge < -0.3 is 9.84 Å². The van der Waals surface area contributed by atoms with Crippen molar-refractivity contribution in [3.8, 4) is 5.75 Å². The summed E-state index contributed by atoms with van der Waals surface area (Å²) >= 11 is 0. The average Bonchev–Trinajstić information content (AvgIpc) is 3.08. The molecule has 1 saturated heterocycles. The highest BCUT2D eigenvalue weighted by Crippen LogP contribution is 2.43. The zero-order valence-electron chi connectivity index (χ0n) is 21.0. The summed E-state index contributed by atoms with van der Waals surface area (Å²) in [4.78, 5) is 28.3. The number of aliphatic hydroxyl groups excluding tert-OH is 1. The number of anilines is 1. The molecule has 5 heteroatoms. The predicted octanol–water partition coefficient (Wildman–Crippen LogP) is 6.24. The number of rotatable bonds is 4. The van der Waals surface area contributed by atoms with Crippen LogP contribution in [0.1, 0.15) is 54.6 Å². The van der Waals surface area contributed by atoms with Gasteiger partial charge in [0, 0.05) is 16.8 Å². The molecule has 1 aliphatic heterocycles. The molecule has 0 radical (unpaired) electrons. The smallest absolute Gasteiger partial charge is 0.300 e. The maximum atomic E-state index is 13.4. The van der Waals surface area contributed by atoms with Crippen LogP contribution in [-0.2, 0) is 15.0 Å². The van der Waals surface area contributed by atoms with E-state index in [2.05, 4.69) is 20.8 Å². The van der Waals surface area contributed by atoms with Gasteiger partial charge in [-0.15, -0.1) is 0 Å². The normalized spacial score (nSPS) is 17.7. The molecule has 1 aliphatic rings.